The summed E-state index contributed by atoms with van der Waals surface area (Å²) in [6.07, 6.45) is 8.87. The number of hydrogen-bond donors (Lipinski definition) is 1. The molecule has 0 radical (unpaired) electrons. The number of rotatable bonds is 1. The molecule has 0 spiro atoms. The van der Waals surface area contributed by atoms with Crippen molar-refractivity contribution >= 4 is 5.91 Å². The molecule has 2 nitrogen and oxygen atoms in total. The van der Waals surface area contributed by atoms with E-state index in [1.807, 2.05) is 0 Å². The van der Waals surface area contributed by atoms with Crippen LogP contribution in [0, 0.1) is 17.8 Å². The molecule has 12 heavy (non-hydrogen) atoms. The minimum absolute atomic E-state index is 0.0931. The van der Waals surface area contributed by atoms with Gasteiger partial charge in [0.2, 0.25) is 5.91 Å². The highest BCUT2D eigenvalue weighted by atomic mass is 16.1. The fourth-order valence-electron chi connectivity index (χ4n) is 2.56. The minimum atomic E-state index is -0.0931. The van der Waals surface area contributed by atoms with Crippen molar-refractivity contribution in [1.82, 2.24) is 0 Å². The maximum absolute atomic E-state index is 10.9. The first-order valence-corrected chi connectivity index (χ1v) is 4.71. The van der Waals surface area contributed by atoms with E-state index >= 15 is 0 Å². The third-order valence-electron chi connectivity index (χ3n) is 3.29. The number of allylic oxidation sites excluding steroid dienone is 2. The number of hydrogen-bond acceptors (Lipinski definition) is 1. The van der Waals surface area contributed by atoms with Gasteiger partial charge in [-0.15, -0.1) is 0 Å². The Labute approximate surface area is 72.8 Å². The summed E-state index contributed by atoms with van der Waals surface area (Å²) >= 11 is 0. The average Bonchev–Trinajstić information content (AvgIpc) is 2.46. The van der Waals surface area contributed by atoms with Crippen molar-refractivity contribution < 1.29 is 4.79 Å². The second-order valence-electron chi connectivity index (χ2n) is 4.03. The largest absolute Gasteiger partial charge is 0.369 e. The normalized spacial score (nSPS) is 35.0. The first kappa shape index (κ1) is 7.84. The summed E-state index contributed by atoms with van der Waals surface area (Å²) in [5.41, 5.74) is 5.29. The average molecular weight is 165 g/mol. The second-order valence-corrected chi connectivity index (χ2v) is 4.03. The van der Waals surface area contributed by atoms with Gasteiger partial charge in [0.15, 0.2) is 0 Å². The zero-order valence-corrected chi connectivity index (χ0v) is 7.20. The number of nitrogens with two attached hydrogens (primary N) is 1. The van der Waals surface area contributed by atoms with Crippen LogP contribution in [0.3, 0.4) is 0 Å². The second kappa shape index (κ2) is 2.92. The van der Waals surface area contributed by atoms with Crippen LogP contribution in [0.15, 0.2) is 12.2 Å². The molecule has 2 heteroatoms. The van der Waals surface area contributed by atoms with Crippen molar-refractivity contribution in [2.75, 3.05) is 0 Å². The van der Waals surface area contributed by atoms with Crippen molar-refractivity contribution in [3.8, 4) is 0 Å². The van der Waals surface area contributed by atoms with Crippen molar-refractivity contribution in [3.05, 3.63) is 12.2 Å². The van der Waals surface area contributed by atoms with Crippen LogP contribution in [0.5, 0.6) is 0 Å². The smallest absolute Gasteiger partial charge is 0.220 e. The molecule has 1 fully saturated rings. The van der Waals surface area contributed by atoms with E-state index in [-0.39, 0.29) is 11.8 Å². The molecule has 0 aliphatic heterocycles. The Morgan fingerprint density at radius 3 is 2.08 bits per heavy atom. The van der Waals surface area contributed by atoms with E-state index in [1.54, 1.807) is 0 Å². The standard InChI is InChI=1S/C10H15NO/c11-10(12)9-5-7-3-1-2-4-8(7)6-9/h1-2,7-9H,3-6H2,(H2,11,12)/t7-,8-/m1/s1. The van der Waals surface area contributed by atoms with Gasteiger partial charge in [-0.25, -0.2) is 0 Å². The summed E-state index contributed by atoms with van der Waals surface area (Å²) in [5.74, 6) is 1.56. The minimum Gasteiger partial charge on any atom is -0.369 e. The van der Waals surface area contributed by atoms with E-state index in [9.17, 15) is 4.79 Å². The van der Waals surface area contributed by atoms with Crippen molar-refractivity contribution in [3.63, 3.8) is 0 Å². The Morgan fingerprint density at radius 1 is 1.17 bits per heavy atom. The summed E-state index contributed by atoms with van der Waals surface area (Å²) < 4.78 is 0. The van der Waals surface area contributed by atoms with E-state index in [0.29, 0.717) is 0 Å². The Balaban J connectivity index is 2.02. The van der Waals surface area contributed by atoms with Gasteiger partial charge in [0.05, 0.1) is 0 Å². The topological polar surface area (TPSA) is 43.1 Å². The van der Waals surface area contributed by atoms with Gasteiger partial charge in [0, 0.05) is 5.92 Å². The number of primary amides is 1. The monoisotopic (exact) mass is 165 g/mol. The van der Waals surface area contributed by atoms with Crippen molar-refractivity contribution in [1.29, 1.82) is 0 Å². The predicted octanol–water partition coefficient (Wildman–Crippen LogP) is 1.46. The summed E-state index contributed by atoms with van der Waals surface area (Å²) in [6, 6.07) is 0. The van der Waals surface area contributed by atoms with Gasteiger partial charge in [-0.2, -0.15) is 0 Å². The molecule has 0 aromatic carbocycles. The molecule has 2 aliphatic rings. The molecular formula is C10H15NO. The molecular weight excluding hydrogens is 150 g/mol. The van der Waals surface area contributed by atoms with Gasteiger partial charge in [0.1, 0.15) is 0 Å². The van der Waals surface area contributed by atoms with Gasteiger partial charge < -0.3 is 5.73 Å². The fraction of sp³-hybridized carbons (Fsp3) is 0.700. The first-order chi connectivity index (χ1) is 5.77. The number of amides is 1. The maximum atomic E-state index is 10.9. The SMILES string of the molecule is NC(=O)C1C[C@H]2CC=CC[C@@H]2C1. The van der Waals surface area contributed by atoms with Gasteiger partial charge in [-0.05, 0) is 37.5 Å². The van der Waals surface area contributed by atoms with E-state index in [4.69, 9.17) is 5.73 Å². The lowest BCUT2D eigenvalue weighted by atomic mass is 9.86. The number of carbonyl (C=O) groups excluding carboxylic acids is 1. The van der Waals surface area contributed by atoms with Crippen LogP contribution in [0.25, 0.3) is 0 Å². The molecule has 0 bridgehead atoms. The molecule has 1 saturated carbocycles. The maximum Gasteiger partial charge on any atom is 0.220 e. The molecule has 0 unspecified atom stereocenters. The molecule has 66 valence electrons. The van der Waals surface area contributed by atoms with Crippen molar-refractivity contribution in [2.24, 2.45) is 23.5 Å². The summed E-state index contributed by atoms with van der Waals surface area (Å²) in [4.78, 5) is 10.9. The lowest BCUT2D eigenvalue weighted by Crippen LogP contribution is -2.20. The predicted molar refractivity (Wildman–Crippen MR) is 47.3 cm³/mol. The Kier molecular flexibility index (Phi) is 1.91. The highest BCUT2D eigenvalue weighted by molar-refractivity contribution is 5.77. The van der Waals surface area contributed by atoms with Crippen LogP contribution in [-0.4, -0.2) is 5.91 Å². The van der Waals surface area contributed by atoms with Crippen LogP contribution in [0.1, 0.15) is 25.7 Å². The fourth-order valence-corrected chi connectivity index (χ4v) is 2.56. The van der Waals surface area contributed by atoms with E-state index < -0.39 is 0 Å². The molecule has 2 atom stereocenters. The van der Waals surface area contributed by atoms with Crippen LogP contribution < -0.4 is 5.73 Å². The molecule has 0 aromatic heterocycles. The lowest BCUT2D eigenvalue weighted by molar-refractivity contribution is -0.121. The third-order valence-corrected chi connectivity index (χ3v) is 3.29. The Bertz CT molecular complexity index is 206. The summed E-state index contributed by atoms with van der Waals surface area (Å²) in [7, 11) is 0. The molecule has 2 N–H and O–H groups in total. The van der Waals surface area contributed by atoms with Crippen molar-refractivity contribution in [2.45, 2.75) is 25.7 Å². The third kappa shape index (κ3) is 1.26. The molecule has 0 aromatic rings. The van der Waals surface area contributed by atoms with Gasteiger partial charge >= 0.3 is 0 Å². The molecule has 0 heterocycles. The van der Waals surface area contributed by atoms with Gasteiger partial charge in [-0.3, -0.25) is 4.79 Å². The lowest BCUT2D eigenvalue weighted by Gasteiger charge is -2.19. The van der Waals surface area contributed by atoms with Crippen LogP contribution >= 0.6 is 0 Å². The molecule has 0 saturated heterocycles. The quantitative estimate of drug-likeness (QED) is 0.587. The molecule has 1 amide bonds. The number of carbonyl (C=O) groups is 1. The number of fused-ring (bicyclic) bond motifs is 1. The molecule has 2 aliphatic carbocycles. The van der Waals surface area contributed by atoms with Crippen LogP contribution in [0.2, 0.25) is 0 Å². The van der Waals surface area contributed by atoms with Crippen LogP contribution in [-0.2, 0) is 4.79 Å². The first-order valence-electron chi connectivity index (χ1n) is 4.71. The molecule has 2 rings (SSSR count). The van der Waals surface area contributed by atoms with E-state index in [0.717, 1.165) is 37.5 Å². The highest BCUT2D eigenvalue weighted by Crippen LogP contribution is 2.42. The zero-order valence-electron chi connectivity index (χ0n) is 7.20. The summed E-state index contributed by atoms with van der Waals surface area (Å²) in [6.45, 7) is 0. The highest BCUT2D eigenvalue weighted by Gasteiger charge is 2.36. The Hall–Kier alpha value is -0.790. The van der Waals surface area contributed by atoms with Gasteiger partial charge in [-0.1, -0.05) is 12.2 Å². The van der Waals surface area contributed by atoms with E-state index in [2.05, 4.69) is 12.2 Å². The van der Waals surface area contributed by atoms with E-state index in [1.165, 1.54) is 0 Å². The zero-order chi connectivity index (χ0) is 8.55. The summed E-state index contributed by atoms with van der Waals surface area (Å²) in [5, 5.41) is 0. The Morgan fingerprint density at radius 2 is 1.67 bits per heavy atom. The van der Waals surface area contributed by atoms with Crippen LogP contribution in [0.4, 0.5) is 0 Å². The van der Waals surface area contributed by atoms with Gasteiger partial charge in [0.25, 0.3) is 0 Å².